The molecule has 0 spiro atoms. The first-order valence-electron chi connectivity index (χ1n) is 11.9. The molecule has 0 aliphatic carbocycles. The quantitative estimate of drug-likeness (QED) is 0.127. The Morgan fingerprint density at radius 3 is 1.30 bits per heavy atom. The number of non-ortho nitro benzene ring substituents is 2. The highest BCUT2D eigenvalue weighted by atomic mass is 19.4. The molecule has 0 aliphatic heterocycles. The Morgan fingerprint density at radius 2 is 1.00 bits per heavy atom. The molecule has 0 aliphatic rings. The van der Waals surface area contributed by atoms with Gasteiger partial charge in [-0.3, -0.25) is 29.8 Å². The molecule has 0 radical (unpaired) electrons. The first-order chi connectivity index (χ1) is 19.7. The third kappa shape index (κ3) is 12.3. The lowest BCUT2D eigenvalue weighted by molar-refractivity contribution is -0.385. The van der Waals surface area contributed by atoms with Gasteiger partial charge in [0.05, 0.1) is 16.3 Å². The molecule has 0 saturated carbocycles. The van der Waals surface area contributed by atoms with Crippen LogP contribution in [0.3, 0.4) is 0 Å². The zero-order valence-electron chi connectivity index (χ0n) is 21.7. The Bertz CT molecular complexity index is 1310. The summed E-state index contributed by atoms with van der Waals surface area (Å²) in [5.74, 6) is -6.62. The van der Waals surface area contributed by atoms with Gasteiger partial charge in [-0.25, -0.2) is 8.78 Å². The van der Waals surface area contributed by atoms with Crippen molar-refractivity contribution in [2.45, 2.75) is 70.1 Å². The molecule has 0 saturated heterocycles. The SMILES string of the molecule is O=C(CCC(F)(F)C(F)(F)F)Cc1ccc([N+](=O)[O-])cc1C[18F].O=C(CCC(F)(F)F)Cc1ccc([N+](=O)[O-])cc1C[18F]. The average Bonchev–Trinajstić information content (AvgIpc) is 2.90. The molecular weight excluding hydrogens is 612 g/mol. The summed E-state index contributed by atoms with van der Waals surface area (Å²) in [6.07, 6.45) is -15.8. The predicted octanol–water partition coefficient (Wildman–Crippen LogP) is 7.67. The van der Waals surface area contributed by atoms with Gasteiger partial charge in [0.2, 0.25) is 0 Å². The van der Waals surface area contributed by atoms with E-state index in [1.807, 2.05) is 0 Å². The van der Waals surface area contributed by atoms with Crippen LogP contribution in [-0.4, -0.2) is 39.7 Å². The second-order valence-corrected chi connectivity index (χ2v) is 8.94. The number of carbonyl (C=O) groups is 2. The molecule has 0 unspecified atom stereocenters. The van der Waals surface area contributed by atoms with E-state index in [0.29, 0.717) is 0 Å². The second kappa shape index (κ2) is 15.4. The number of carbonyl (C=O) groups excluding carboxylic acids is 2. The Morgan fingerprint density at radius 1 is 0.628 bits per heavy atom. The number of Topliss-reactive ketones (excluding diaryl/α,β-unsaturated/α-hetero) is 2. The number of rotatable bonds is 13. The van der Waals surface area contributed by atoms with Gasteiger partial charge < -0.3 is 0 Å². The molecule has 0 aromatic heterocycles. The average molecular weight is 634 g/mol. The summed E-state index contributed by atoms with van der Waals surface area (Å²) in [7, 11) is 0. The maximum absolute atomic E-state index is 12.8. The van der Waals surface area contributed by atoms with Crippen molar-refractivity contribution in [2.75, 3.05) is 0 Å². The van der Waals surface area contributed by atoms with Crippen molar-refractivity contribution < 1.29 is 63.3 Å². The number of nitrogens with zero attached hydrogens (tertiary/aromatic N) is 2. The number of benzene rings is 2. The number of hydrogen-bond donors (Lipinski definition) is 0. The standard InChI is InChI=1S/C13H11F6NO3.C12H11F4NO3/c14-7-9-5-10(20(22)23)2-1-8(9)6-11(21)3-4-12(15,16)13(17,18)19;13-7-9-5-10(17(19)20)2-1-8(9)6-11(18)3-4-12(14,15)16/h1-2,5H,3-4,6-7H2;1-2,5H,3-4,6-7H2/i14-1;13-1. The van der Waals surface area contributed by atoms with Gasteiger partial charge in [-0.2, -0.15) is 35.1 Å². The number of ketones is 2. The number of nitro benzene ring substituents is 2. The van der Waals surface area contributed by atoms with Gasteiger partial charge in [0, 0.05) is 56.4 Å². The fourth-order valence-electron chi connectivity index (χ4n) is 3.37. The van der Waals surface area contributed by atoms with E-state index in [1.165, 1.54) is 6.07 Å². The fraction of sp³-hybridized carbons (Fsp3) is 0.440. The highest BCUT2D eigenvalue weighted by molar-refractivity contribution is 5.81. The maximum Gasteiger partial charge on any atom is 0.453 e. The van der Waals surface area contributed by atoms with Gasteiger partial charge in [-0.1, -0.05) is 12.1 Å². The molecule has 8 nitrogen and oxygen atoms in total. The van der Waals surface area contributed by atoms with Crippen molar-refractivity contribution in [3.05, 3.63) is 78.9 Å². The predicted molar refractivity (Wildman–Crippen MR) is 129 cm³/mol. The highest BCUT2D eigenvalue weighted by Gasteiger charge is 2.56. The van der Waals surface area contributed by atoms with Gasteiger partial charge in [0.1, 0.15) is 24.9 Å². The van der Waals surface area contributed by atoms with E-state index in [0.717, 1.165) is 30.3 Å². The molecule has 0 atom stereocenters. The summed E-state index contributed by atoms with van der Waals surface area (Å²) in [5.41, 5.74) is -0.806. The maximum atomic E-state index is 12.8. The van der Waals surface area contributed by atoms with Crippen LogP contribution in [0.5, 0.6) is 0 Å². The van der Waals surface area contributed by atoms with Crippen molar-refractivity contribution in [1.29, 1.82) is 0 Å². The van der Waals surface area contributed by atoms with Crippen LogP contribution in [0.15, 0.2) is 36.4 Å². The van der Waals surface area contributed by atoms with E-state index in [2.05, 4.69) is 0 Å². The molecule has 0 fully saturated rings. The minimum atomic E-state index is -5.75. The van der Waals surface area contributed by atoms with Gasteiger partial charge in [0.15, 0.2) is 0 Å². The highest BCUT2D eigenvalue weighted by Crippen LogP contribution is 2.39. The first kappa shape index (κ1) is 36.9. The summed E-state index contributed by atoms with van der Waals surface area (Å²) < 4.78 is 123. The van der Waals surface area contributed by atoms with Crippen LogP contribution in [0.4, 0.5) is 55.3 Å². The molecule has 0 amide bonds. The van der Waals surface area contributed by atoms with Crippen molar-refractivity contribution in [2.24, 2.45) is 0 Å². The van der Waals surface area contributed by atoms with Crippen LogP contribution >= 0.6 is 0 Å². The minimum Gasteiger partial charge on any atom is -0.299 e. The molecule has 238 valence electrons. The van der Waals surface area contributed by atoms with Gasteiger partial charge in [-0.15, -0.1) is 0 Å². The van der Waals surface area contributed by atoms with Crippen molar-refractivity contribution in [3.63, 3.8) is 0 Å². The molecule has 0 bridgehead atoms. The van der Waals surface area contributed by atoms with E-state index in [-0.39, 0.29) is 34.4 Å². The lowest BCUT2D eigenvalue weighted by atomic mass is 9.99. The lowest BCUT2D eigenvalue weighted by Crippen LogP contribution is -2.36. The number of nitro groups is 2. The van der Waals surface area contributed by atoms with Crippen LogP contribution in [-0.2, 0) is 35.8 Å². The molecule has 0 N–H and O–H groups in total. The Balaban J connectivity index is 0.000000434. The van der Waals surface area contributed by atoms with Crippen LogP contribution in [0.25, 0.3) is 0 Å². The van der Waals surface area contributed by atoms with Crippen LogP contribution in [0.1, 0.15) is 47.9 Å². The van der Waals surface area contributed by atoms with E-state index in [9.17, 15) is 73.7 Å². The van der Waals surface area contributed by atoms with Crippen LogP contribution in [0, 0.1) is 20.2 Å². The Hall–Kier alpha value is -4.12. The summed E-state index contributed by atoms with van der Waals surface area (Å²) in [4.78, 5) is 42.5. The smallest absolute Gasteiger partial charge is 0.299 e. The molecular formula is C25H22F10N2O6. The Labute approximate surface area is 236 Å². The molecule has 18 heteroatoms. The third-order valence-corrected chi connectivity index (χ3v) is 5.68. The number of halogens is 10. The zero-order chi connectivity index (χ0) is 33.2. The molecule has 43 heavy (non-hydrogen) atoms. The van der Waals surface area contributed by atoms with Gasteiger partial charge in [-0.05, 0) is 22.3 Å². The van der Waals surface area contributed by atoms with E-state index in [1.54, 1.807) is 0 Å². The molecule has 2 aromatic carbocycles. The van der Waals surface area contributed by atoms with Crippen LogP contribution in [0.2, 0.25) is 0 Å². The minimum absolute atomic E-state index is 0.0124. The monoisotopic (exact) mass is 634 g/mol. The van der Waals surface area contributed by atoms with Crippen LogP contribution < -0.4 is 0 Å². The van der Waals surface area contributed by atoms with Crippen molar-refractivity contribution >= 4 is 22.9 Å². The normalized spacial score (nSPS) is 11.9. The topological polar surface area (TPSA) is 120 Å². The largest absolute Gasteiger partial charge is 0.453 e. The van der Waals surface area contributed by atoms with E-state index in [4.69, 9.17) is 0 Å². The first-order valence-corrected chi connectivity index (χ1v) is 11.9. The molecule has 0 heterocycles. The van der Waals surface area contributed by atoms with Gasteiger partial charge >= 0.3 is 18.3 Å². The number of alkyl halides is 10. The third-order valence-electron chi connectivity index (χ3n) is 5.68. The van der Waals surface area contributed by atoms with E-state index < -0.39 is 90.8 Å². The van der Waals surface area contributed by atoms with Gasteiger partial charge in [0.25, 0.3) is 11.4 Å². The fourth-order valence-corrected chi connectivity index (χ4v) is 3.37. The summed E-state index contributed by atoms with van der Waals surface area (Å²) in [6, 6.07) is 6.21. The van der Waals surface area contributed by atoms with E-state index >= 15 is 0 Å². The van der Waals surface area contributed by atoms with Crippen molar-refractivity contribution in [1.82, 2.24) is 0 Å². The zero-order valence-corrected chi connectivity index (χ0v) is 21.7. The molecule has 2 rings (SSSR count). The Kier molecular flexibility index (Phi) is 13.2. The number of hydrogen-bond acceptors (Lipinski definition) is 6. The summed E-state index contributed by atoms with van der Waals surface area (Å²) >= 11 is 0. The summed E-state index contributed by atoms with van der Waals surface area (Å²) in [5, 5.41) is 21.0. The van der Waals surface area contributed by atoms with Crippen molar-refractivity contribution in [3.8, 4) is 0 Å². The lowest BCUT2D eigenvalue weighted by Gasteiger charge is -2.18. The molecule has 2 aromatic rings. The second-order valence-electron chi connectivity index (χ2n) is 8.94. The summed E-state index contributed by atoms with van der Waals surface area (Å²) in [6.45, 7) is -2.16.